The lowest BCUT2D eigenvalue weighted by Gasteiger charge is -1.99. The van der Waals surface area contributed by atoms with Crippen LogP contribution < -0.4 is 5.32 Å². The first-order valence-electron chi connectivity index (χ1n) is 5.92. The molecule has 94 valence electrons. The summed E-state index contributed by atoms with van der Waals surface area (Å²) >= 11 is 0. The molecule has 0 bridgehead atoms. The average Bonchev–Trinajstić information content (AvgIpc) is 3.09. The minimum Gasteiger partial charge on any atom is -0.381 e. The molecule has 2 aromatic rings. The maximum absolute atomic E-state index is 5.32. The lowest BCUT2D eigenvalue weighted by molar-refractivity contribution is 0.192. The van der Waals surface area contributed by atoms with E-state index in [4.69, 9.17) is 9.26 Å². The van der Waals surface area contributed by atoms with E-state index in [0.29, 0.717) is 12.5 Å². The number of aromatic nitrogens is 3. The second kappa shape index (κ2) is 4.73. The third kappa shape index (κ3) is 2.06. The first-order valence-corrected chi connectivity index (χ1v) is 5.92. The number of nitrogens with one attached hydrogen (secondary N) is 1. The van der Waals surface area contributed by atoms with Gasteiger partial charge in [-0.15, -0.1) is 0 Å². The van der Waals surface area contributed by atoms with Crippen LogP contribution in [0.5, 0.6) is 0 Å². The number of ether oxygens (including phenoxy) is 1. The van der Waals surface area contributed by atoms with Gasteiger partial charge in [-0.1, -0.05) is 5.16 Å². The van der Waals surface area contributed by atoms with Gasteiger partial charge in [0.05, 0.1) is 6.61 Å². The van der Waals surface area contributed by atoms with Crippen LogP contribution in [0.3, 0.4) is 0 Å². The van der Waals surface area contributed by atoms with Crippen LogP contribution in [-0.2, 0) is 4.74 Å². The highest BCUT2D eigenvalue weighted by Gasteiger charge is 2.23. The molecule has 6 nitrogen and oxygen atoms in total. The maximum Gasteiger partial charge on any atom is 0.258 e. The molecule has 2 aromatic heterocycles. The van der Waals surface area contributed by atoms with Crippen molar-refractivity contribution in [3.05, 3.63) is 24.2 Å². The molecule has 0 radical (unpaired) electrons. The summed E-state index contributed by atoms with van der Waals surface area (Å²) in [4.78, 5) is 8.57. The Bertz CT molecular complexity index is 534. The Hall–Kier alpha value is -1.95. The fourth-order valence-electron chi connectivity index (χ4n) is 1.96. The van der Waals surface area contributed by atoms with Crippen LogP contribution in [0.25, 0.3) is 11.5 Å². The van der Waals surface area contributed by atoms with Crippen molar-refractivity contribution in [2.45, 2.75) is 12.3 Å². The molecule has 3 rings (SSSR count). The predicted molar refractivity (Wildman–Crippen MR) is 65.3 cm³/mol. The first-order chi connectivity index (χ1) is 8.86. The molecule has 0 aliphatic carbocycles. The average molecular weight is 246 g/mol. The number of hydrogen-bond acceptors (Lipinski definition) is 6. The summed E-state index contributed by atoms with van der Waals surface area (Å²) in [6.07, 6.45) is 2.67. The fourth-order valence-corrected chi connectivity index (χ4v) is 1.96. The van der Waals surface area contributed by atoms with E-state index < -0.39 is 0 Å². The standard InChI is InChI=1S/C12H14N4O2/c1-13-10-6-8(2-4-14-10)12-15-11(16-18-12)9-3-5-17-7-9/h2,4,6,9H,3,5,7H2,1H3,(H,13,14). The van der Waals surface area contributed by atoms with Gasteiger partial charge in [0, 0.05) is 31.3 Å². The van der Waals surface area contributed by atoms with Gasteiger partial charge in [0.25, 0.3) is 5.89 Å². The van der Waals surface area contributed by atoms with Crippen LogP contribution in [0.1, 0.15) is 18.2 Å². The van der Waals surface area contributed by atoms with Crippen LogP contribution in [0.4, 0.5) is 5.82 Å². The first kappa shape index (κ1) is 11.2. The summed E-state index contributed by atoms with van der Waals surface area (Å²) in [5.74, 6) is 2.28. The highest BCUT2D eigenvalue weighted by atomic mass is 16.5. The van der Waals surface area contributed by atoms with Crippen LogP contribution >= 0.6 is 0 Å². The summed E-state index contributed by atoms with van der Waals surface area (Å²) in [6, 6.07) is 3.73. The summed E-state index contributed by atoms with van der Waals surface area (Å²) < 4.78 is 10.6. The molecule has 0 saturated carbocycles. The van der Waals surface area contributed by atoms with Gasteiger partial charge in [-0.3, -0.25) is 0 Å². The van der Waals surface area contributed by atoms with Crippen LogP contribution in [0.2, 0.25) is 0 Å². The summed E-state index contributed by atoms with van der Waals surface area (Å²) in [5, 5.41) is 7.00. The largest absolute Gasteiger partial charge is 0.381 e. The topological polar surface area (TPSA) is 73.1 Å². The highest BCUT2D eigenvalue weighted by molar-refractivity contribution is 5.57. The number of anilines is 1. The Morgan fingerprint density at radius 3 is 3.17 bits per heavy atom. The molecule has 1 N–H and O–H groups in total. The molecule has 1 saturated heterocycles. The van der Waals surface area contributed by atoms with Crippen molar-refractivity contribution in [2.24, 2.45) is 0 Å². The number of nitrogens with zero attached hydrogens (tertiary/aromatic N) is 3. The van der Waals surface area contributed by atoms with Crippen LogP contribution in [-0.4, -0.2) is 35.4 Å². The van der Waals surface area contributed by atoms with Crippen LogP contribution in [0, 0.1) is 0 Å². The Morgan fingerprint density at radius 1 is 1.44 bits per heavy atom. The van der Waals surface area contributed by atoms with Crippen molar-refractivity contribution in [3.8, 4) is 11.5 Å². The Labute approximate surface area is 104 Å². The zero-order chi connectivity index (χ0) is 12.4. The van der Waals surface area contributed by atoms with E-state index in [-0.39, 0.29) is 5.92 Å². The molecule has 1 fully saturated rings. The van der Waals surface area contributed by atoms with Crippen molar-refractivity contribution < 1.29 is 9.26 Å². The van der Waals surface area contributed by atoms with E-state index in [2.05, 4.69) is 20.4 Å². The molecule has 1 atom stereocenters. The number of pyridine rings is 1. The van der Waals surface area contributed by atoms with Crippen molar-refractivity contribution >= 4 is 5.82 Å². The Morgan fingerprint density at radius 2 is 2.39 bits per heavy atom. The van der Waals surface area contributed by atoms with Crippen molar-refractivity contribution in [2.75, 3.05) is 25.6 Å². The zero-order valence-electron chi connectivity index (χ0n) is 10.1. The molecular formula is C12H14N4O2. The van der Waals surface area contributed by atoms with Crippen molar-refractivity contribution in [1.29, 1.82) is 0 Å². The molecule has 1 aliphatic heterocycles. The molecular weight excluding hydrogens is 232 g/mol. The molecule has 1 aliphatic rings. The maximum atomic E-state index is 5.32. The van der Waals surface area contributed by atoms with E-state index in [1.165, 1.54) is 0 Å². The summed E-state index contributed by atoms with van der Waals surface area (Å²) in [5.41, 5.74) is 0.868. The van der Waals surface area contributed by atoms with Gasteiger partial charge in [-0.2, -0.15) is 4.98 Å². The molecule has 0 amide bonds. The van der Waals surface area contributed by atoms with Gasteiger partial charge in [0.2, 0.25) is 0 Å². The molecule has 6 heteroatoms. The second-order valence-corrected chi connectivity index (χ2v) is 4.20. The van der Waals surface area contributed by atoms with Crippen molar-refractivity contribution in [1.82, 2.24) is 15.1 Å². The van der Waals surface area contributed by atoms with Gasteiger partial charge in [-0.25, -0.2) is 4.98 Å². The Kier molecular flexibility index (Phi) is 2.93. The van der Waals surface area contributed by atoms with Crippen LogP contribution in [0.15, 0.2) is 22.9 Å². The number of hydrogen-bond donors (Lipinski definition) is 1. The van der Waals surface area contributed by atoms with Gasteiger partial charge < -0.3 is 14.6 Å². The monoisotopic (exact) mass is 246 g/mol. The summed E-state index contributed by atoms with van der Waals surface area (Å²) in [7, 11) is 1.82. The van der Waals surface area contributed by atoms with E-state index in [1.807, 2.05) is 19.2 Å². The fraction of sp³-hybridized carbons (Fsp3) is 0.417. The lowest BCUT2D eigenvalue weighted by Crippen LogP contribution is -1.99. The van der Waals surface area contributed by atoms with E-state index in [1.54, 1.807) is 6.20 Å². The minimum absolute atomic E-state index is 0.258. The highest BCUT2D eigenvalue weighted by Crippen LogP contribution is 2.26. The molecule has 0 aromatic carbocycles. The van der Waals surface area contributed by atoms with Gasteiger partial charge in [0.15, 0.2) is 5.82 Å². The molecule has 3 heterocycles. The van der Waals surface area contributed by atoms with Gasteiger partial charge >= 0.3 is 0 Å². The summed E-state index contributed by atoms with van der Waals surface area (Å²) in [6.45, 7) is 1.45. The SMILES string of the molecule is CNc1cc(-c2nc(C3CCOC3)no2)ccn1. The molecule has 18 heavy (non-hydrogen) atoms. The van der Waals surface area contributed by atoms with Gasteiger partial charge in [0.1, 0.15) is 5.82 Å². The smallest absolute Gasteiger partial charge is 0.258 e. The minimum atomic E-state index is 0.258. The Balaban J connectivity index is 1.87. The van der Waals surface area contributed by atoms with E-state index in [9.17, 15) is 0 Å². The third-order valence-corrected chi connectivity index (χ3v) is 3.00. The quantitative estimate of drug-likeness (QED) is 0.888. The predicted octanol–water partition coefficient (Wildman–Crippen LogP) is 1.68. The lowest BCUT2D eigenvalue weighted by atomic mass is 10.1. The van der Waals surface area contributed by atoms with Gasteiger partial charge in [-0.05, 0) is 18.6 Å². The zero-order valence-corrected chi connectivity index (χ0v) is 10.1. The molecule has 1 unspecified atom stereocenters. The normalized spacial score (nSPS) is 19.1. The second-order valence-electron chi connectivity index (χ2n) is 4.20. The van der Waals surface area contributed by atoms with Crippen molar-refractivity contribution in [3.63, 3.8) is 0 Å². The van der Waals surface area contributed by atoms with E-state index in [0.717, 1.165) is 30.2 Å². The molecule has 0 spiro atoms. The van der Waals surface area contributed by atoms with E-state index >= 15 is 0 Å². The third-order valence-electron chi connectivity index (χ3n) is 3.00. The number of rotatable bonds is 3.